The molecule has 0 aromatic heterocycles. The number of amides is 1. The summed E-state index contributed by atoms with van der Waals surface area (Å²) in [6, 6.07) is 32.0. The summed E-state index contributed by atoms with van der Waals surface area (Å²) in [4.78, 5) is 12.4. The van der Waals surface area contributed by atoms with Crippen LogP contribution in [0.5, 0.6) is 17.2 Å². The monoisotopic (exact) mass is 514 g/mol. The minimum atomic E-state index is -0.725. The highest BCUT2D eigenvalue weighted by Crippen LogP contribution is 2.20. The van der Waals surface area contributed by atoms with Crippen LogP contribution in [-0.4, -0.2) is 18.2 Å². The van der Waals surface area contributed by atoms with Gasteiger partial charge in [0.25, 0.3) is 5.91 Å². The highest BCUT2D eigenvalue weighted by atomic mass is 35.5. The summed E-state index contributed by atoms with van der Waals surface area (Å²) in [5.74, 6) is 1.66. The molecule has 0 fully saturated rings. The molecule has 0 aliphatic carbocycles. The van der Waals surface area contributed by atoms with Crippen molar-refractivity contribution in [3.63, 3.8) is 0 Å². The van der Waals surface area contributed by atoms with E-state index in [1.165, 1.54) is 0 Å². The lowest BCUT2D eigenvalue weighted by molar-refractivity contribution is -0.127. The normalized spacial score (nSPS) is 11.6. The fourth-order valence-electron chi connectivity index (χ4n) is 3.27. The van der Waals surface area contributed by atoms with Gasteiger partial charge in [-0.25, -0.2) is 5.43 Å². The Labute approximate surface area is 221 Å². The summed E-state index contributed by atoms with van der Waals surface area (Å²) in [5, 5.41) is 4.72. The van der Waals surface area contributed by atoms with Crippen molar-refractivity contribution in [3.05, 3.63) is 125 Å². The van der Waals surface area contributed by atoms with Crippen LogP contribution in [-0.2, 0) is 18.0 Å². The maximum atomic E-state index is 12.4. The van der Waals surface area contributed by atoms with Gasteiger partial charge in [-0.15, -0.1) is 0 Å². The van der Waals surface area contributed by atoms with Crippen LogP contribution in [0, 0.1) is 0 Å². The van der Waals surface area contributed by atoms with E-state index in [1.54, 1.807) is 25.3 Å². The van der Waals surface area contributed by atoms with Gasteiger partial charge in [-0.1, -0.05) is 54.1 Å². The number of benzene rings is 4. The Morgan fingerprint density at radius 2 is 1.32 bits per heavy atom. The Bertz CT molecular complexity index is 1290. The molecule has 1 atom stereocenters. The lowest BCUT2D eigenvalue weighted by atomic mass is 10.2. The van der Waals surface area contributed by atoms with E-state index in [9.17, 15) is 4.79 Å². The molecule has 0 aliphatic heterocycles. The Morgan fingerprint density at radius 3 is 1.95 bits per heavy atom. The number of nitrogens with zero attached hydrogens (tertiary/aromatic N) is 1. The maximum Gasteiger partial charge on any atom is 0.280 e. The topological polar surface area (TPSA) is 69.2 Å². The number of ether oxygens (including phenoxy) is 3. The van der Waals surface area contributed by atoms with Crippen LogP contribution in [0.2, 0.25) is 5.02 Å². The molecule has 0 heterocycles. The first-order chi connectivity index (χ1) is 18.0. The molecule has 4 rings (SSSR count). The summed E-state index contributed by atoms with van der Waals surface area (Å²) in [6.07, 6.45) is 0.837. The van der Waals surface area contributed by atoms with E-state index < -0.39 is 6.10 Å². The number of nitrogens with one attached hydrogen (secondary N) is 1. The van der Waals surface area contributed by atoms with Crippen molar-refractivity contribution < 1.29 is 19.0 Å². The predicted molar refractivity (Wildman–Crippen MR) is 145 cm³/mol. The van der Waals surface area contributed by atoms with E-state index in [1.807, 2.05) is 91.0 Å². The van der Waals surface area contributed by atoms with Crippen LogP contribution in [0.4, 0.5) is 0 Å². The zero-order valence-electron chi connectivity index (χ0n) is 20.3. The molecule has 0 bridgehead atoms. The molecule has 0 unspecified atom stereocenters. The Hall–Kier alpha value is -4.29. The fourth-order valence-corrected chi connectivity index (χ4v) is 3.40. The average molecular weight is 515 g/mol. The van der Waals surface area contributed by atoms with Crippen molar-refractivity contribution in [2.75, 3.05) is 0 Å². The van der Waals surface area contributed by atoms with E-state index in [0.717, 1.165) is 28.2 Å². The zero-order chi connectivity index (χ0) is 25.9. The van der Waals surface area contributed by atoms with Crippen LogP contribution < -0.4 is 19.6 Å². The molecule has 0 saturated heterocycles. The largest absolute Gasteiger partial charge is 0.489 e. The van der Waals surface area contributed by atoms with E-state index in [-0.39, 0.29) is 5.91 Å². The number of hydrogen-bond donors (Lipinski definition) is 1. The second kappa shape index (κ2) is 13.1. The van der Waals surface area contributed by atoms with Crippen molar-refractivity contribution in [3.8, 4) is 17.2 Å². The van der Waals surface area contributed by atoms with Crippen molar-refractivity contribution >= 4 is 23.7 Å². The van der Waals surface area contributed by atoms with Gasteiger partial charge in [-0.2, -0.15) is 5.10 Å². The Kier molecular flexibility index (Phi) is 9.16. The van der Waals surface area contributed by atoms with E-state index in [0.29, 0.717) is 24.0 Å². The Balaban J connectivity index is 1.19. The number of rotatable bonds is 11. The summed E-state index contributed by atoms with van der Waals surface area (Å²) in [7, 11) is 0. The Morgan fingerprint density at radius 1 is 0.784 bits per heavy atom. The first kappa shape index (κ1) is 25.8. The third kappa shape index (κ3) is 8.40. The fraction of sp³-hybridized carbons (Fsp3) is 0.133. The first-order valence-electron chi connectivity index (χ1n) is 11.8. The number of hydrogen-bond acceptors (Lipinski definition) is 5. The van der Waals surface area contributed by atoms with Crippen LogP contribution >= 0.6 is 11.6 Å². The maximum absolute atomic E-state index is 12.4. The number of halogens is 1. The van der Waals surface area contributed by atoms with E-state index in [2.05, 4.69) is 10.5 Å². The summed E-state index contributed by atoms with van der Waals surface area (Å²) in [6.45, 7) is 2.59. The summed E-state index contributed by atoms with van der Waals surface area (Å²) in [5.41, 5.74) is 5.44. The zero-order valence-corrected chi connectivity index (χ0v) is 21.1. The van der Waals surface area contributed by atoms with Gasteiger partial charge in [0.2, 0.25) is 0 Å². The number of hydrazone groups is 1. The molecule has 4 aromatic rings. The van der Waals surface area contributed by atoms with Crippen LogP contribution in [0.25, 0.3) is 0 Å². The molecule has 0 radical (unpaired) electrons. The quantitative estimate of drug-likeness (QED) is 0.185. The van der Waals surface area contributed by atoms with Gasteiger partial charge in [0.05, 0.1) is 6.21 Å². The van der Waals surface area contributed by atoms with Crippen molar-refractivity contribution in [2.45, 2.75) is 26.2 Å². The molecule has 0 spiro atoms. The second-order valence-corrected chi connectivity index (χ2v) is 8.66. The number of carbonyl (C=O) groups excluding carboxylic acids is 1. The van der Waals surface area contributed by atoms with Crippen LogP contribution in [0.15, 0.2) is 108 Å². The van der Waals surface area contributed by atoms with Gasteiger partial charge in [0.1, 0.15) is 30.5 Å². The third-order valence-electron chi connectivity index (χ3n) is 5.34. The second-order valence-electron chi connectivity index (χ2n) is 8.22. The summed E-state index contributed by atoms with van der Waals surface area (Å²) < 4.78 is 17.3. The molecule has 6 nitrogen and oxygen atoms in total. The van der Waals surface area contributed by atoms with E-state index >= 15 is 0 Å². The lowest BCUT2D eigenvalue weighted by Crippen LogP contribution is -2.33. The molecular weight excluding hydrogens is 488 g/mol. The third-order valence-corrected chi connectivity index (χ3v) is 5.59. The molecule has 0 aliphatic rings. The molecule has 1 amide bonds. The van der Waals surface area contributed by atoms with Gasteiger partial charge in [0.15, 0.2) is 6.10 Å². The van der Waals surface area contributed by atoms with Gasteiger partial charge >= 0.3 is 0 Å². The molecule has 4 aromatic carbocycles. The van der Waals surface area contributed by atoms with Crippen LogP contribution in [0.3, 0.4) is 0 Å². The number of carbonyl (C=O) groups is 1. The molecule has 1 N–H and O–H groups in total. The highest BCUT2D eigenvalue weighted by molar-refractivity contribution is 6.30. The highest BCUT2D eigenvalue weighted by Gasteiger charge is 2.14. The van der Waals surface area contributed by atoms with Gasteiger partial charge in [-0.05, 0) is 84.3 Å². The predicted octanol–water partition coefficient (Wildman–Crippen LogP) is 6.42. The van der Waals surface area contributed by atoms with Crippen molar-refractivity contribution in [2.24, 2.45) is 5.10 Å². The smallest absolute Gasteiger partial charge is 0.280 e. The van der Waals surface area contributed by atoms with Crippen LogP contribution in [0.1, 0.15) is 23.6 Å². The SMILES string of the molecule is C[C@H](Oc1ccc(OCc2ccccc2)cc1)C(=O)N/N=C\c1ccc(OCc2ccc(Cl)cc2)cc1. The minimum absolute atomic E-state index is 0.358. The van der Waals surface area contributed by atoms with Crippen molar-refractivity contribution in [1.82, 2.24) is 5.43 Å². The standard InChI is InChI=1S/C30H27ClN2O4/c1-22(37-29-17-15-28(16-18-29)35-20-24-5-3-2-4-6-24)30(34)33-32-19-23-9-13-27(14-10-23)36-21-25-7-11-26(31)12-8-25/h2-19,22H,20-21H2,1H3,(H,33,34)/b32-19-/t22-/m0/s1. The molecule has 7 heteroatoms. The van der Waals surface area contributed by atoms with Gasteiger partial charge in [0, 0.05) is 5.02 Å². The summed E-state index contributed by atoms with van der Waals surface area (Å²) >= 11 is 5.90. The first-order valence-corrected chi connectivity index (χ1v) is 12.2. The van der Waals surface area contributed by atoms with Crippen molar-refractivity contribution in [1.29, 1.82) is 0 Å². The molecule has 188 valence electrons. The lowest BCUT2D eigenvalue weighted by Gasteiger charge is -2.13. The van der Waals surface area contributed by atoms with Gasteiger partial charge in [-0.3, -0.25) is 4.79 Å². The molecular formula is C30H27ClN2O4. The van der Waals surface area contributed by atoms with Gasteiger partial charge < -0.3 is 14.2 Å². The minimum Gasteiger partial charge on any atom is -0.489 e. The molecule has 0 saturated carbocycles. The average Bonchev–Trinajstić information content (AvgIpc) is 2.93. The van der Waals surface area contributed by atoms with E-state index in [4.69, 9.17) is 25.8 Å². The molecule has 37 heavy (non-hydrogen) atoms.